The van der Waals surface area contributed by atoms with Gasteiger partial charge in [0.05, 0.1) is 0 Å². The molecule has 1 atom stereocenters. The van der Waals surface area contributed by atoms with Crippen LogP contribution in [-0.4, -0.2) is 61.6 Å². The van der Waals surface area contributed by atoms with Gasteiger partial charge in [-0.05, 0) is 0 Å². The molecule has 2 aliphatic rings. The van der Waals surface area contributed by atoms with Crippen molar-refractivity contribution in [1.29, 1.82) is 0 Å². The van der Waals surface area contributed by atoms with Crippen molar-refractivity contribution >= 4 is 21.6 Å². The first-order valence-electron chi connectivity index (χ1n) is 5.41. The Bertz CT molecular complexity index is 314. The van der Waals surface area contributed by atoms with Crippen molar-refractivity contribution in [3.05, 3.63) is 0 Å². The molecule has 2 fully saturated rings. The molecule has 1 N–H and O–H groups in total. The molecule has 2 saturated heterocycles. The molecule has 0 spiro atoms. The third-order valence-electron chi connectivity index (χ3n) is 3.17. The fourth-order valence-corrected chi connectivity index (χ4v) is 5.11. The van der Waals surface area contributed by atoms with Gasteiger partial charge in [-0.25, -0.2) is 8.42 Å². The van der Waals surface area contributed by atoms with E-state index in [4.69, 9.17) is 0 Å². The number of hydrogen-bond acceptors (Lipinski definition) is 5. The van der Waals surface area contributed by atoms with Gasteiger partial charge in [-0.3, -0.25) is 4.90 Å². The van der Waals surface area contributed by atoms with E-state index in [1.807, 2.05) is 0 Å². The van der Waals surface area contributed by atoms with E-state index in [2.05, 4.69) is 10.2 Å². The summed E-state index contributed by atoms with van der Waals surface area (Å²) >= 11 is 1.76. The summed E-state index contributed by atoms with van der Waals surface area (Å²) in [5.41, 5.74) is 0. The normalized spacial score (nSPS) is 30.1. The SMILES string of the molecule is CCS(=O)(=O)C1CSCCN1C1CNC1. The maximum Gasteiger partial charge on any atom is 0.166 e. The van der Waals surface area contributed by atoms with Gasteiger partial charge in [0, 0.05) is 42.9 Å². The summed E-state index contributed by atoms with van der Waals surface area (Å²) in [6, 6.07) is 0.442. The van der Waals surface area contributed by atoms with Crippen LogP contribution in [0.25, 0.3) is 0 Å². The molecule has 0 amide bonds. The van der Waals surface area contributed by atoms with Gasteiger partial charge in [0.15, 0.2) is 9.84 Å². The fourth-order valence-electron chi connectivity index (χ4n) is 2.02. The molecular formula is C9H18N2O2S2. The Morgan fingerprint density at radius 1 is 1.47 bits per heavy atom. The van der Waals surface area contributed by atoms with Crippen molar-refractivity contribution < 1.29 is 8.42 Å². The quantitative estimate of drug-likeness (QED) is 0.750. The minimum atomic E-state index is -2.91. The van der Waals surface area contributed by atoms with E-state index in [-0.39, 0.29) is 11.1 Å². The molecule has 88 valence electrons. The van der Waals surface area contributed by atoms with Crippen molar-refractivity contribution in [1.82, 2.24) is 10.2 Å². The first kappa shape index (κ1) is 11.7. The lowest BCUT2D eigenvalue weighted by molar-refractivity contribution is 0.142. The topological polar surface area (TPSA) is 49.4 Å². The molecule has 4 nitrogen and oxygen atoms in total. The molecular weight excluding hydrogens is 232 g/mol. The maximum atomic E-state index is 11.9. The highest BCUT2D eigenvalue weighted by Gasteiger charge is 2.38. The summed E-state index contributed by atoms with van der Waals surface area (Å²) in [4.78, 5) is 2.19. The third-order valence-corrected chi connectivity index (χ3v) is 6.47. The van der Waals surface area contributed by atoms with Gasteiger partial charge in [0.2, 0.25) is 0 Å². The van der Waals surface area contributed by atoms with Gasteiger partial charge >= 0.3 is 0 Å². The van der Waals surface area contributed by atoms with Gasteiger partial charge < -0.3 is 5.32 Å². The Kier molecular flexibility index (Phi) is 3.59. The minimum absolute atomic E-state index is 0.242. The predicted molar refractivity (Wildman–Crippen MR) is 63.9 cm³/mol. The van der Waals surface area contributed by atoms with Crippen molar-refractivity contribution in [2.45, 2.75) is 18.3 Å². The van der Waals surface area contributed by atoms with E-state index in [9.17, 15) is 8.42 Å². The molecule has 6 heteroatoms. The van der Waals surface area contributed by atoms with E-state index >= 15 is 0 Å². The van der Waals surface area contributed by atoms with E-state index in [1.54, 1.807) is 18.7 Å². The van der Waals surface area contributed by atoms with Crippen LogP contribution in [0, 0.1) is 0 Å². The largest absolute Gasteiger partial charge is 0.314 e. The smallest absolute Gasteiger partial charge is 0.166 e. The van der Waals surface area contributed by atoms with Gasteiger partial charge in [-0.2, -0.15) is 11.8 Å². The summed E-state index contributed by atoms with van der Waals surface area (Å²) in [5.74, 6) is 2.06. The average Bonchev–Trinajstić information content (AvgIpc) is 2.16. The van der Waals surface area contributed by atoms with Crippen LogP contribution in [0.15, 0.2) is 0 Å². The predicted octanol–water partition coefficient (Wildman–Crippen LogP) is -0.232. The van der Waals surface area contributed by atoms with Crippen molar-refractivity contribution in [3.63, 3.8) is 0 Å². The van der Waals surface area contributed by atoms with Crippen LogP contribution < -0.4 is 5.32 Å². The molecule has 0 aromatic heterocycles. The molecule has 0 bridgehead atoms. The van der Waals surface area contributed by atoms with Crippen LogP contribution in [0.5, 0.6) is 0 Å². The van der Waals surface area contributed by atoms with Crippen LogP contribution in [-0.2, 0) is 9.84 Å². The van der Waals surface area contributed by atoms with Gasteiger partial charge in [0.25, 0.3) is 0 Å². The first-order valence-corrected chi connectivity index (χ1v) is 8.28. The number of hydrogen-bond donors (Lipinski definition) is 1. The summed E-state index contributed by atoms with van der Waals surface area (Å²) in [5, 5.41) is 2.96. The molecule has 2 heterocycles. The Hall–Kier alpha value is 0.220. The number of sulfone groups is 1. The molecule has 0 radical (unpaired) electrons. The van der Waals surface area contributed by atoms with Crippen molar-refractivity contribution in [2.75, 3.05) is 36.9 Å². The second kappa shape index (κ2) is 4.61. The summed E-state index contributed by atoms with van der Waals surface area (Å²) in [7, 11) is -2.91. The van der Waals surface area contributed by atoms with Crippen LogP contribution >= 0.6 is 11.8 Å². The minimum Gasteiger partial charge on any atom is -0.314 e. The second-order valence-electron chi connectivity index (χ2n) is 4.03. The first-order chi connectivity index (χ1) is 7.15. The number of nitrogens with zero attached hydrogens (tertiary/aromatic N) is 1. The van der Waals surface area contributed by atoms with Gasteiger partial charge in [-0.1, -0.05) is 6.92 Å². The molecule has 15 heavy (non-hydrogen) atoms. The highest BCUT2D eigenvalue weighted by molar-refractivity contribution is 8.01. The van der Waals surface area contributed by atoms with Gasteiger partial charge in [0.1, 0.15) is 5.37 Å². The summed E-state index contributed by atoms with van der Waals surface area (Å²) < 4.78 is 23.9. The highest BCUT2D eigenvalue weighted by Crippen LogP contribution is 2.24. The lowest BCUT2D eigenvalue weighted by Crippen LogP contribution is -2.63. The highest BCUT2D eigenvalue weighted by atomic mass is 32.2. The van der Waals surface area contributed by atoms with Crippen molar-refractivity contribution in [3.8, 4) is 0 Å². The van der Waals surface area contributed by atoms with E-state index < -0.39 is 9.84 Å². The third kappa shape index (κ3) is 2.33. The molecule has 0 saturated carbocycles. The van der Waals surface area contributed by atoms with Crippen LogP contribution in [0.3, 0.4) is 0 Å². The molecule has 0 aromatic carbocycles. The van der Waals surface area contributed by atoms with Crippen LogP contribution in [0.1, 0.15) is 6.92 Å². The molecule has 2 rings (SSSR count). The summed E-state index contributed by atoms with van der Waals surface area (Å²) in [6.07, 6.45) is 0. The monoisotopic (exact) mass is 250 g/mol. The summed E-state index contributed by atoms with van der Waals surface area (Å²) in [6.45, 7) is 4.55. The Labute approximate surface area is 95.7 Å². The Balaban J connectivity index is 2.12. The Morgan fingerprint density at radius 3 is 2.73 bits per heavy atom. The number of rotatable bonds is 3. The lowest BCUT2D eigenvalue weighted by Gasteiger charge is -2.44. The zero-order valence-electron chi connectivity index (χ0n) is 8.98. The van der Waals surface area contributed by atoms with Gasteiger partial charge in [-0.15, -0.1) is 0 Å². The van der Waals surface area contributed by atoms with E-state index in [0.717, 1.165) is 31.1 Å². The zero-order chi connectivity index (χ0) is 10.9. The molecule has 0 aliphatic carbocycles. The van der Waals surface area contributed by atoms with Crippen molar-refractivity contribution in [2.24, 2.45) is 0 Å². The molecule has 2 aliphatic heterocycles. The fraction of sp³-hybridized carbons (Fsp3) is 1.00. The number of nitrogens with one attached hydrogen (secondary N) is 1. The second-order valence-corrected chi connectivity index (χ2v) is 7.63. The molecule has 0 aromatic rings. The average molecular weight is 250 g/mol. The Morgan fingerprint density at radius 2 is 2.20 bits per heavy atom. The molecule has 1 unspecified atom stereocenters. The van der Waals surface area contributed by atoms with E-state index in [0.29, 0.717) is 6.04 Å². The van der Waals surface area contributed by atoms with E-state index in [1.165, 1.54) is 0 Å². The number of thioether (sulfide) groups is 1. The maximum absolute atomic E-state index is 11.9. The van der Waals surface area contributed by atoms with Crippen LogP contribution in [0.2, 0.25) is 0 Å². The standard InChI is InChI=1S/C9H18N2O2S2/c1-2-15(12,13)9-7-14-4-3-11(9)8-5-10-6-8/h8-10H,2-7H2,1H3. The lowest BCUT2D eigenvalue weighted by atomic mass is 10.1. The zero-order valence-corrected chi connectivity index (χ0v) is 10.6. The van der Waals surface area contributed by atoms with Crippen LogP contribution in [0.4, 0.5) is 0 Å².